The van der Waals surface area contributed by atoms with Crippen LogP contribution in [0.1, 0.15) is 17.7 Å². The maximum absolute atomic E-state index is 12.4. The molecule has 0 saturated heterocycles. The fourth-order valence-electron chi connectivity index (χ4n) is 1.04. The monoisotopic (exact) mass is 214 g/mol. The third-order valence-electron chi connectivity index (χ3n) is 1.72. The molecule has 0 atom stereocenters. The van der Waals surface area contributed by atoms with E-state index in [0.717, 1.165) is 6.07 Å². The molecule has 1 rings (SSSR count). The molecular formula is C9H8F2N2O2. The first-order chi connectivity index (χ1) is 7.13. The van der Waals surface area contributed by atoms with Crippen LogP contribution in [0.25, 0.3) is 0 Å². The highest BCUT2D eigenvalue weighted by Crippen LogP contribution is 2.30. The Morgan fingerprint density at radius 3 is 2.47 bits per heavy atom. The van der Waals surface area contributed by atoms with E-state index in [1.807, 2.05) is 0 Å². The molecule has 0 unspecified atom stereocenters. The maximum atomic E-state index is 12.4. The number of pyridine rings is 1. The fourth-order valence-corrected chi connectivity index (χ4v) is 1.04. The third kappa shape index (κ3) is 2.13. The molecule has 0 N–H and O–H groups in total. The first kappa shape index (κ1) is 11.2. The summed E-state index contributed by atoms with van der Waals surface area (Å²) in [6.07, 6.45) is -2.74. The van der Waals surface area contributed by atoms with Crippen molar-refractivity contribution in [2.24, 2.45) is 0 Å². The topological polar surface area (TPSA) is 55.1 Å². The zero-order chi connectivity index (χ0) is 11.4. The van der Waals surface area contributed by atoms with Gasteiger partial charge in [0, 0.05) is 6.07 Å². The van der Waals surface area contributed by atoms with Gasteiger partial charge < -0.3 is 9.47 Å². The fraction of sp³-hybridized carbons (Fsp3) is 0.333. The van der Waals surface area contributed by atoms with Crippen molar-refractivity contribution in [3.05, 3.63) is 17.3 Å². The average Bonchev–Trinajstić information content (AvgIpc) is 2.26. The van der Waals surface area contributed by atoms with Crippen LogP contribution in [0.2, 0.25) is 0 Å². The van der Waals surface area contributed by atoms with Gasteiger partial charge in [0.25, 0.3) is 6.43 Å². The van der Waals surface area contributed by atoms with E-state index >= 15 is 0 Å². The van der Waals surface area contributed by atoms with Gasteiger partial charge in [0.15, 0.2) is 5.56 Å². The van der Waals surface area contributed by atoms with Crippen LogP contribution < -0.4 is 9.47 Å². The average molecular weight is 214 g/mol. The minimum atomic E-state index is -2.74. The number of nitriles is 1. The molecule has 0 aliphatic carbocycles. The molecule has 0 aliphatic heterocycles. The Morgan fingerprint density at radius 2 is 2.07 bits per heavy atom. The smallest absolute Gasteiger partial charge is 0.280 e. The van der Waals surface area contributed by atoms with Crippen molar-refractivity contribution in [2.45, 2.75) is 6.43 Å². The van der Waals surface area contributed by atoms with Crippen LogP contribution in [0, 0.1) is 11.3 Å². The summed E-state index contributed by atoms with van der Waals surface area (Å²) in [5.74, 6) is -0.133. The van der Waals surface area contributed by atoms with Crippen molar-refractivity contribution >= 4 is 0 Å². The molecule has 0 saturated carbocycles. The molecule has 80 valence electrons. The quantitative estimate of drug-likeness (QED) is 0.771. The zero-order valence-corrected chi connectivity index (χ0v) is 8.12. The second kappa shape index (κ2) is 4.55. The summed E-state index contributed by atoms with van der Waals surface area (Å²) in [7, 11) is 2.53. The van der Waals surface area contributed by atoms with E-state index in [0.29, 0.717) is 0 Å². The van der Waals surface area contributed by atoms with Crippen LogP contribution in [0.3, 0.4) is 0 Å². The number of methoxy groups -OCH3 is 2. The largest absolute Gasteiger partial charge is 0.495 e. The van der Waals surface area contributed by atoms with Crippen molar-refractivity contribution in [1.29, 1.82) is 5.26 Å². The molecule has 1 heterocycles. The number of nitrogens with zero attached hydrogens (tertiary/aromatic N) is 2. The molecule has 0 aliphatic rings. The number of rotatable bonds is 3. The van der Waals surface area contributed by atoms with Crippen LogP contribution in [0.15, 0.2) is 6.07 Å². The summed E-state index contributed by atoms with van der Waals surface area (Å²) in [6, 6.07) is 2.79. The predicted octanol–water partition coefficient (Wildman–Crippen LogP) is 1.91. The Labute approximate surface area is 85.1 Å². The lowest BCUT2D eigenvalue weighted by molar-refractivity contribution is 0.144. The zero-order valence-electron chi connectivity index (χ0n) is 8.12. The lowest BCUT2D eigenvalue weighted by Gasteiger charge is -2.09. The van der Waals surface area contributed by atoms with Crippen LogP contribution in [-0.4, -0.2) is 19.2 Å². The van der Waals surface area contributed by atoms with Gasteiger partial charge in [-0.3, -0.25) is 0 Å². The van der Waals surface area contributed by atoms with Gasteiger partial charge >= 0.3 is 0 Å². The SMILES string of the molecule is COc1cc(C(F)F)nc(OC)c1C#N. The van der Waals surface area contributed by atoms with Gasteiger partial charge in [-0.2, -0.15) is 5.26 Å². The molecule has 6 heteroatoms. The highest BCUT2D eigenvalue weighted by molar-refractivity contribution is 5.50. The van der Waals surface area contributed by atoms with Crippen LogP contribution in [-0.2, 0) is 0 Å². The van der Waals surface area contributed by atoms with E-state index in [9.17, 15) is 8.78 Å². The second-order valence-corrected chi connectivity index (χ2v) is 2.55. The van der Waals surface area contributed by atoms with Crippen molar-refractivity contribution in [3.8, 4) is 17.7 Å². The molecule has 15 heavy (non-hydrogen) atoms. The van der Waals surface area contributed by atoms with E-state index < -0.39 is 12.1 Å². The van der Waals surface area contributed by atoms with E-state index in [1.54, 1.807) is 6.07 Å². The standard InChI is InChI=1S/C9H8F2N2O2/c1-14-7-3-6(8(10)11)13-9(15-2)5(7)4-12/h3,8H,1-2H3. The Balaban J connectivity index is 3.37. The number of alkyl halides is 2. The molecule has 0 bridgehead atoms. The summed E-state index contributed by atoms with van der Waals surface area (Å²) >= 11 is 0. The Hall–Kier alpha value is -1.90. The molecule has 0 fully saturated rings. The van der Waals surface area contributed by atoms with Crippen molar-refractivity contribution < 1.29 is 18.3 Å². The molecule has 0 spiro atoms. The Bertz CT molecular complexity index is 377. The summed E-state index contributed by atoms with van der Waals surface area (Å²) in [5.41, 5.74) is -0.480. The number of hydrogen-bond donors (Lipinski definition) is 0. The van der Waals surface area contributed by atoms with Gasteiger partial charge in [-0.25, -0.2) is 13.8 Å². The number of hydrogen-bond acceptors (Lipinski definition) is 4. The van der Waals surface area contributed by atoms with E-state index in [4.69, 9.17) is 14.7 Å². The van der Waals surface area contributed by atoms with Crippen molar-refractivity contribution in [1.82, 2.24) is 4.98 Å². The molecule has 0 radical (unpaired) electrons. The van der Waals surface area contributed by atoms with Crippen LogP contribution in [0.5, 0.6) is 11.6 Å². The van der Waals surface area contributed by atoms with Crippen LogP contribution >= 0.6 is 0 Å². The van der Waals surface area contributed by atoms with Gasteiger partial charge in [0.05, 0.1) is 14.2 Å². The van der Waals surface area contributed by atoms with Crippen molar-refractivity contribution in [2.75, 3.05) is 14.2 Å². The molecule has 1 aromatic rings. The van der Waals surface area contributed by atoms with E-state index in [2.05, 4.69) is 4.98 Å². The Morgan fingerprint density at radius 1 is 1.40 bits per heavy atom. The summed E-state index contributed by atoms with van der Waals surface area (Å²) in [4.78, 5) is 3.50. The number of halogens is 2. The highest BCUT2D eigenvalue weighted by atomic mass is 19.3. The molecule has 4 nitrogen and oxygen atoms in total. The van der Waals surface area contributed by atoms with Crippen LogP contribution in [0.4, 0.5) is 8.78 Å². The van der Waals surface area contributed by atoms with Gasteiger partial charge in [-0.05, 0) is 0 Å². The normalized spacial score (nSPS) is 9.87. The number of ether oxygens (including phenoxy) is 2. The first-order valence-electron chi connectivity index (χ1n) is 3.95. The van der Waals surface area contributed by atoms with Gasteiger partial charge in [-0.15, -0.1) is 0 Å². The predicted molar refractivity (Wildman–Crippen MR) is 47.0 cm³/mol. The summed E-state index contributed by atoms with van der Waals surface area (Å²) in [5, 5.41) is 8.75. The summed E-state index contributed by atoms with van der Waals surface area (Å²) in [6.45, 7) is 0. The third-order valence-corrected chi connectivity index (χ3v) is 1.72. The minimum absolute atomic E-state index is 0.00407. The van der Waals surface area contributed by atoms with Crippen molar-refractivity contribution in [3.63, 3.8) is 0 Å². The second-order valence-electron chi connectivity index (χ2n) is 2.55. The highest BCUT2D eigenvalue weighted by Gasteiger charge is 2.18. The number of aromatic nitrogens is 1. The van der Waals surface area contributed by atoms with Gasteiger partial charge in [-0.1, -0.05) is 0 Å². The maximum Gasteiger partial charge on any atom is 0.280 e. The minimum Gasteiger partial charge on any atom is -0.495 e. The molecular weight excluding hydrogens is 206 g/mol. The lowest BCUT2D eigenvalue weighted by Crippen LogP contribution is -2.00. The van der Waals surface area contributed by atoms with Gasteiger partial charge in [0.1, 0.15) is 17.5 Å². The Kier molecular flexibility index (Phi) is 3.39. The van der Waals surface area contributed by atoms with Gasteiger partial charge in [0.2, 0.25) is 5.88 Å². The van der Waals surface area contributed by atoms with E-state index in [1.165, 1.54) is 14.2 Å². The van der Waals surface area contributed by atoms with E-state index in [-0.39, 0.29) is 17.2 Å². The molecule has 0 aromatic carbocycles. The lowest BCUT2D eigenvalue weighted by atomic mass is 10.2. The molecule has 0 amide bonds. The summed E-state index contributed by atoms with van der Waals surface area (Å²) < 4.78 is 34.3. The first-order valence-corrected chi connectivity index (χ1v) is 3.95. The molecule has 1 aromatic heterocycles.